The van der Waals surface area contributed by atoms with E-state index >= 15 is 0 Å². The summed E-state index contributed by atoms with van der Waals surface area (Å²) in [7, 11) is 0. The second-order valence-electron chi connectivity index (χ2n) is 7.25. The molecule has 0 saturated heterocycles. The predicted octanol–water partition coefficient (Wildman–Crippen LogP) is 6.40. The van der Waals surface area contributed by atoms with Gasteiger partial charge in [0.1, 0.15) is 17.1 Å². The third-order valence-electron chi connectivity index (χ3n) is 4.84. The zero-order chi connectivity index (χ0) is 24.6. The molecule has 0 aliphatic heterocycles. The molecular weight excluding hydrogens is 468 g/mol. The number of amides is 1. The molecule has 9 nitrogen and oxygen atoms in total. The average Bonchev–Trinajstić information content (AvgIpc) is 2.87. The number of benzene rings is 4. The fourth-order valence-corrected chi connectivity index (χ4v) is 3.63. The molecule has 4 N–H and O–H groups in total. The van der Waals surface area contributed by atoms with Crippen molar-refractivity contribution in [2.75, 3.05) is 11.9 Å². The lowest BCUT2D eigenvalue weighted by atomic mass is 10.0. The normalized spacial score (nSPS) is 11.2. The van der Waals surface area contributed by atoms with Gasteiger partial charge in [0, 0.05) is 22.5 Å². The molecule has 0 unspecified atom stereocenters. The van der Waals surface area contributed by atoms with Crippen LogP contribution in [0, 0.1) is 0 Å². The summed E-state index contributed by atoms with van der Waals surface area (Å²) in [5.74, 6) is -0.935. The molecule has 0 atom stereocenters. The molecule has 0 fully saturated rings. The predicted molar refractivity (Wildman–Crippen MR) is 134 cm³/mol. The Morgan fingerprint density at radius 2 is 1.74 bits per heavy atom. The Bertz CT molecular complexity index is 1370. The Hall–Kier alpha value is -3.96. The minimum Gasteiger partial charge on any atom is -0.506 e. The largest absolute Gasteiger partial charge is 0.506 e. The number of carbonyl (C=O) groups is 1. The number of anilines is 1. The van der Waals surface area contributed by atoms with Crippen LogP contribution in [-0.2, 0) is 9.32 Å². The summed E-state index contributed by atoms with van der Waals surface area (Å²) in [5.41, 5.74) is 3.43. The number of hydroxylamine groups is 1. The molecule has 0 bridgehead atoms. The van der Waals surface area contributed by atoms with E-state index in [1.807, 2.05) is 25.1 Å². The highest BCUT2D eigenvalue weighted by Crippen LogP contribution is 2.41. The number of carbonyl (C=O) groups excluding carboxylic acids is 1. The van der Waals surface area contributed by atoms with Crippen LogP contribution in [0.3, 0.4) is 0 Å². The number of azo groups is 1. The Morgan fingerprint density at radius 1 is 0.971 bits per heavy atom. The van der Waals surface area contributed by atoms with Gasteiger partial charge >= 0.3 is 0 Å². The van der Waals surface area contributed by atoms with Gasteiger partial charge in [0.05, 0.1) is 17.6 Å². The fraction of sp³-hybridized carbons (Fsp3) is 0.0800. The van der Waals surface area contributed by atoms with Crippen molar-refractivity contribution in [1.29, 1.82) is 0 Å². The smallest absolute Gasteiger partial charge is 0.259 e. The van der Waals surface area contributed by atoms with Gasteiger partial charge in [0.25, 0.3) is 5.91 Å². The number of phenolic OH excluding ortho intramolecular Hbond substituents is 2. The lowest BCUT2D eigenvalue weighted by molar-refractivity contribution is -0.243. The minimum atomic E-state index is -0.491. The van der Waals surface area contributed by atoms with E-state index in [1.165, 1.54) is 6.07 Å². The summed E-state index contributed by atoms with van der Waals surface area (Å²) in [6, 6.07) is 22.3. The second-order valence-corrected chi connectivity index (χ2v) is 8.02. The molecule has 10 heteroatoms. The van der Waals surface area contributed by atoms with E-state index < -0.39 is 5.91 Å². The van der Waals surface area contributed by atoms with Gasteiger partial charge in [-0.3, -0.25) is 4.79 Å². The first-order valence-electron chi connectivity index (χ1n) is 10.7. The van der Waals surface area contributed by atoms with Crippen LogP contribution in [0.2, 0.25) is 0 Å². The molecule has 0 heterocycles. The highest BCUT2D eigenvalue weighted by atomic mass is 32.2. The van der Waals surface area contributed by atoms with Crippen LogP contribution < -0.4 is 10.8 Å². The third kappa shape index (κ3) is 5.94. The summed E-state index contributed by atoms with van der Waals surface area (Å²) in [6.45, 7) is 2.42. The maximum absolute atomic E-state index is 12.9. The first-order chi connectivity index (χ1) is 17.1. The van der Waals surface area contributed by atoms with Crippen LogP contribution >= 0.6 is 12.0 Å². The Kier molecular flexibility index (Phi) is 7.91. The molecule has 4 rings (SSSR count). The fourth-order valence-electron chi connectivity index (χ4n) is 3.19. The van der Waals surface area contributed by atoms with Crippen molar-refractivity contribution < 1.29 is 24.3 Å². The molecule has 0 aliphatic rings. The van der Waals surface area contributed by atoms with Crippen LogP contribution in [0.15, 0.2) is 94.0 Å². The lowest BCUT2D eigenvalue weighted by Crippen LogP contribution is -2.12. The molecule has 4 aromatic carbocycles. The SMILES string of the molecule is CCNOOSc1ccc(O)c(N=Nc2c(O)c(C(=O)Nc3ccccc3)cc3ccccc23)c1. The number of hydrogen-bond acceptors (Lipinski definition) is 9. The summed E-state index contributed by atoms with van der Waals surface area (Å²) >= 11 is 0.918. The van der Waals surface area contributed by atoms with Crippen LogP contribution in [-0.4, -0.2) is 22.7 Å². The Balaban J connectivity index is 1.67. The lowest BCUT2D eigenvalue weighted by Gasteiger charge is -2.11. The quantitative estimate of drug-likeness (QED) is 0.0703. The number of fused-ring (bicyclic) bond motifs is 1. The first kappa shape index (κ1) is 24.2. The zero-order valence-corrected chi connectivity index (χ0v) is 19.5. The number of hydrogen-bond donors (Lipinski definition) is 4. The van der Waals surface area contributed by atoms with E-state index in [4.69, 9.17) is 9.32 Å². The van der Waals surface area contributed by atoms with Crippen molar-refractivity contribution >= 4 is 45.8 Å². The van der Waals surface area contributed by atoms with Crippen molar-refractivity contribution in [3.8, 4) is 11.5 Å². The van der Waals surface area contributed by atoms with Gasteiger partial charge < -0.3 is 15.5 Å². The van der Waals surface area contributed by atoms with Crippen molar-refractivity contribution in [2.45, 2.75) is 11.8 Å². The molecule has 0 radical (unpaired) electrons. The number of nitrogens with one attached hydrogen (secondary N) is 2. The van der Waals surface area contributed by atoms with Gasteiger partial charge in [-0.15, -0.1) is 19.6 Å². The maximum Gasteiger partial charge on any atom is 0.259 e. The van der Waals surface area contributed by atoms with Crippen molar-refractivity contribution in [1.82, 2.24) is 5.48 Å². The van der Waals surface area contributed by atoms with Gasteiger partial charge in [-0.1, -0.05) is 49.4 Å². The molecule has 0 spiro atoms. The average molecular weight is 491 g/mol. The van der Waals surface area contributed by atoms with Crippen LogP contribution in [0.4, 0.5) is 17.1 Å². The molecule has 35 heavy (non-hydrogen) atoms. The molecule has 0 aromatic heterocycles. The first-order valence-corrected chi connectivity index (χ1v) is 11.4. The molecule has 178 valence electrons. The maximum atomic E-state index is 12.9. The van der Waals surface area contributed by atoms with E-state index in [2.05, 4.69) is 21.0 Å². The van der Waals surface area contributed by atoms with Gasteiger partial charge in [0.2, 0.25) is 0 Å². The molecule has 0 aliphatic carbocycles. The van der Waals surface area contributed by atoms with E-state index in [0.717, 1.165) is 12.0 Å². The number of nitrogens with zero attached hydrogens (tertiary/aromatic N) is 2. The topological polar surface area (TPSA) is 125 Å². The molecular formula is C25H22N4O5S. The Labute approximate surface area is 205 Å². The number of rotatable bonds is 9. The van der Waals surface area contributed by atoms with Crippen molar-refractivity contribution in [3.63, 3.8) is 0 Å². The third-order valence-corrected chi connectivity index (χ3v) is 5.43. The summed E-state index contributed by atoms with van der Waals surface area (Å²) in [5, 5.41) is 33.6. The summed E-state index contributed by atoms with van der Waals surface area (Å²) in [6.07, 6.45) is 0. The zero-order valence-electron chi connectivity index (χ0n) is 18.6. The minimum absolute atomic E-state index is 0.0454. The molecule has 0 saturated carbocycles. The number of phenols is 2. The number of aromatic hydroxyl groups is 2. The van der Waals surface area contributed by atoms with Crippen LogP contribution in [0.5, 0.6) is 11.5 Å². The summed E-state index contributed by atoms with van der Waals surface area (Å²) < 4.78 is 4.95. The monoisotopic (exact) mass is 490 g/mol. The van der Waals surface area contributed by atoms with E-state index in [-0.39, 0.29) is 28.4 Å². The second kappa shape index (κ2) is 11.4. The van der Waals surface area contributed by atoms with Crippen LogP contribution in [0.25, 0.3) is 10.8 Å². The standard InChI is InChI=1S/C25H22N4O5S/c1-2-26-33-34-35-18-12-13-22(30)21(15-18)28-29-23-19-11-7-6-8-16(19)14-20(24(23)31)25(32)27-17-9-4-3-5-10-17/h3-15,26,30-31H,2H2,1H3,(H,27,32). The number of para-hydroxylation sites is 1. The van der Waals surface area contributed by atoms with Gasteiger partial charge in [-0.2, -0.15) is 5.48 Å². The van der Waals surface area contributed by atoms with Crippen molar-refractivity contribution in [3.05, 3.63) is 84.4 Å². The Morgan fingerprint density at radius 3 is 2.54 bits per heavy atom. The highest BCUT2D eigenvalue weighted by molar-refractivity contribution is 7.94. The van der Waals surface area contributed by atoms with Gasteiger partial charge in [-0.25, -0.2) is 0 Å². The molecule has 4 aromatic rings. The van der Waals surface area contributed by atoms with Gasteiger partial charge in [0.15, 0.2) is 5.75 Å². The van der Waals surface area contributed by atoms with E-state index in [1.54, 1.807) is 54.6 Å². The highest BCUT2D eigenvalue weighted by Gasteiger charge is 2.18. The van der Waals surface area contributed by atoms with E-state index in [0.29, 0.717) is 27.9 Å². The van der Waals surface area contributed by atoms with Gasteiger partial charge in [-0.05, 0) is 41.8 Å². The summed E-state index contributed by atoms with van der Waals surface area (Å²) in [4.78, 5) is 18.3. The van der Waals surface area contributed by atoms with Crippen molar-refractivity contribution in [2.24, 2.45) is 10.2 Å². The van der Waals surface area contributed by atoms with E-state index in [9.17, 15) is 15.0 Å². The molecule has 1 amide bonds. The van der Waals surface area contributed by atoms with Crippen LogP contribution in [0.1, 0.15) is 17.3 Å².